The maximum atomic E-state index is 12.9. The number of piperidine rings is 1. The van der Waals surface area contributed by atoms with E-state index in [0.29, 0.717) is 22.0 Å². The molecule has 4 rings (SSSR count). The van der Waals surface area contributed by atoms with Crippen LogP contribution in [0.15, 0.2) is 48.5 Å². The number of likely N-dealkylation sites (tertiary alicyclic amines) is 1. The molecule has 3 amide bonds. The maximum absolute atomic E-state index is 12.9. The van der Waals surface area contributed by atoms with Crippen LogP contribution in [-0.2, 0) is 9.59 Å². The predicted molar refractivity (Wildman–Crippen MR) is 117 cm³/mol. The summed E-state index contributed by atoms with van der Waals surface area (Å²) in [5, 5.41) is 3.36. The van der Waals surface area contributed by atoms with Gasteiger partial charge in [0, 0.05) is 26.1 Å². The van der Waals surface area contributed by atoms with Crippen molar-refractivity contribution in [3.63, 3.8) is 0 Å². The van der Waals surface area contributed by atoms with Gasteiger partial charge in [0.15, 0.2) is 0 Å². The van der Waals surface area contributed by atoms with Gasteiger partial charge in [-0.2, -0.15) is 0 Å². The van der Waals surface area contributed by atoms with Crippen LogP contribution >= 0.6 is 11.6 Å². The lowest BCUT2D eigenvalue weighted by atomic mass is 10.1. The number of rotatable bonds is 4. The number of hydrogen-bond donors (Lipinski definition) is 1. The zero-order chi connectivity index (χ0) is 21.1. The number of para-hydroxylation sites is 2. The summed E-state index contributed by atoms with van der Waals surface area (Å²) >= 11 is 6.22. The molecular formula is C23H24ClN3O3. The average Bonchev–Trinajstić information content (AvgIpc) is 3.16. The van der Waals surface area contributed by atoms with E-state index >= 15 is 0 Å². The van der Waals surface area contributed by atoms with E-state index in [9.17, 15) is 14.4 Å². The topological polar surface area (TPSA) is 69.7 Å². The summed E-state index contributed by atoms with van der Waals surface area (Å²) in [6.07, 6.45) is 3.25. The Kier molecular flexibility index (Phi) is 6.04. The standard InChI is InChI=1S/C23H24ClN3O3/c24-18-9-3-5-11-20(18)27-15-16(14-21(27)28)22(29)25-19-10-4-2-8-17(19)23(30)26-12-6-1-7-13-26/h2-5,8-11,16H,1,6-7,12-15H2,(H,25,29). The Morgan fingerprint density at radius 2 is 1.67 bits per heavy atom. The number of benzene rings is 2. The summed E-state index contributed by atoms with van der Waals surface area (Å²) in [6.45, 7) is 1.74. The number of amides is 3. The van der Waals surface area contributed by atoms with Crippen LogP contribution in [0.5, 0.6) is 0 Å². The SMILES string of the molecule is O=C(Nc1ccccc1C(=O)N1CCCCC1)C1CC(=O)N(c2ccccc2Cl)C1. The Morgan fingerprint density at radius 1 is 0.967 bits per heavy atom. The molecule has 0 aromatic heterocycles. The molecule has 30 heavy (non-hydrogen) atoms. The van der Waals surface area contributed by atoms with E-state index in [1.165, 1.54) is 0 Å². The fraction of sp³-hybridized carbons (Fsp3) is 0.348. The van der Waals surface area contributed by atoms with Gasteiger partial charge in [0.05, 0.1) is 27.9 Å². The Hall–Kier alpha value is -2.86. The van der Waals surface area contributed by atoms with Crippen molar-refractivity contribution in [2.45, 2.75) is 25.7 Å². The number of anilines is 2. The maximum Gasteiger partial charge on any atom is 0.255 e. The molecule has 0 aliphatic carbocycles. The summed E-state index contributed by atoms with van der Waals surface area (Å²) in [5.41, 5.74) is 1.59. The number of nitrogens with one attached hydrogen (secondary N) is 1. The third kappa shape index (κ3) is 4.19. The highest BCUT2D eigenvalue weighted by molar-refractivity contribution is 6.34. The van der Waals surface area contributed by atoms with Gasteiger partial charge < -0.3 is 15.1 Å². The monoisotopic (exact) mass is 425 g/mol. The smallest absolute Gasteiger partial charge is 0.255 e. The molecule has 1 unspecified atom stereocenters. The van der Waals surface area contributed by atoms with Gasteiger partial charge >= 0.3 is 0 Å². The molecule has 1 atom stereocenters. The number of nitrogens with zero attached hydrogens (tertiary/aromatic N) is 2. The van der Waals surface area contributed by atoms with Crippen molar-refractivity contribution in [2.24, 2.45) is 5.92 Å². The highest BCUT2D eigenvalue weighted by Gasteiger charge is 2.36. The van der Waals surface area contributed by atoms with Crippen molar-refractivity contribution in [3.05, 3.63) is 59.1 Å². The molecule has 2 aliphatic heterocycles. The van der Waals surface area contributed by atoms with Crippen LogP contribution in [0, 0.1) is 5.92 Å². The second kappa shape index (κ2) is 8.88. The Bertz CT molecular complexity index is 972. The van der Waals surface area contributed by atoms with Crippen molar-refractivity contribution in [1.82, 2.24) is 4.90 Å². The highest BCUT2D eigenvalue weighted by Crippen LogP contribution is 2.31. The van der Waals surface area contributed by atoms with Crippen LogP contribution in [0.3, 0.4) is 0 Å². The molecule has 2 aliphatic rings. The first-order chi connectivity index (χ1) is 14.5. The van der Waals surface area contributed by atoms with E-state index < -0.39 is 5.92 Å². The molecule has 2 aromatic carbocycles. The first-order valence-electron chi connectivity index (χ1n) is 10.3. The molecule has 0 bridgehead atoms. The molecule has 2 saturated heterocycles. The van der Waals surface area contributed by atoms with Gasteiger partial charge in [-0.1, -0.05) is 35.9 Å². The van der Waals surface area contributed by atoms with Crippen molar-refractivity contribution < 1.29 is 14.4 Å². The zero-order valence-corrected chi connectivity index (χ0v) is 17.4. The molecule has 0 saturated carbocycles. The normalized spacial score (nSPS) is 19.1. The lowest BCUT2D eigenvalue weighted by Crippen LogP contribution is -2.36. The van der Waals surface area contributed by atoms with Crippen molar-refractivity contribution in [2.75, 3.05) is 29.9 Å². The van der Waals surface area contributed by atoms with Gasteiger partial charge in [-0.15, -0.1) is 0 Å². The van der Waals surface area contributed by atoms with E-state index in [0.717, 1.165) is 32.4 Å². The summed E-state index contributed by atoms with van der Waals surface area (Å²) in [4.78, 5) is 41.8. The van der Waals surface area contributed by atoms with Crippen LogP contribution in [0.25, 0.3) is 0 Å². The van der Waals surface area contributed by atoms with Gasteiger partial charge in [-0.3, -0.25) is 14.4 Å². The molecule has 156 valence electrons. The quantitative estimate of drug-likeness (QED) is 0.806. The minimum Gasteiger partial charge on any atom is -0.339 e. The molecule has 6 nitrogen and oxygen atoms in total. The average molecular weight is 426 g/mol. The minimum absolute atomic E-state index is 0.0641. The van der Waals surface area contributed by atoms with E-state index in [1.807, 2.05) is 11.0 Å². The van der Waals surface area contributed by atoms with Crippen molar-refractivity contribution >= 4 is 40.7 Å². The van der Waals surface area contributed by atoms with Gasteiger partial charge in [-0.25, -0.2) is 0 Å². The van der Waals surface area contributed by atoms with Crippen LogP contribution in [0.4, 0.5) is 11.4 Å². The predicted octanol–water partition coefficient (Wildman–Crippen LogP) is 3.96. The Balaban J connectivity index is 1.48. The lowest BCUT2D eigenvalue weighted by Gasteiger charge is -2.27. The lowest BCUT2D eigenvalue weighted by molar-refractivity contribution is -0.122. The third-order valence-electron chi connectivity index (χ3n) is 5.70. The first-order valence-corrected chi connectivity index (χ1v) is 10.7. The second-order valence-electron chi connectivity index (χ2n) is 7.74. The van der Waals surface area contributed by atoms with Crippen LogP contribution in [0.2, 0.25) is 5.02 Å². The third-order valence-corrected chi connectivity index (χ3v) is 6.02. The molecule has 2 fully saturated rings. The minimum atomic E-state index is -0.507. The van der Waals surface area contributed by atoms with E-state index in [2.05, 4.69) is 5.32 Å². The van der Waals surface area contributed by atoms with Gasteiger partial charge in [-0.05, 0) is 43.5 Å². The zero-order valence-electron chi connectivity index (χ0n) is 16.6. The summed E-state index contributed by atoms with van der Waals surface area (Å²) in [6, 6.07) is 14.2. The molecule has 7 heteroatoms. The number of hydrogen-bond acceptors (Lipinski definition) is 3. The van der Waals surface area contributed by atoms with Crippen LogP contribution in [-0.4, -0.2) is 42.3 Å². The van der Waals surface area contributed by atoms with Gasteiger partial charge in [0.25, 0.3) is 5.91 Å². The fourth-order valence-corrected chi connectivity index (χ4v) is 4.31. The van der Waals surface area contributed by atoms with Crippen molar-refractivity contribution in [1.29, 1.82) is 0 Å². The number of halogens is 1. The summed E-state index contributed by atoms with van der Waals surface area (Å²) in [5.74, 6) is -0.976. The Labute approximate surface area is 180 Å². The van der Waals surface area contributed by atoms with Crippen LogP contribution < -0.4 is 10.2 Å². The molecule has 0 radical (unpaired) electrons. The number of carbonyl (C=O) groups is 3. The van der Waals surface area contributed by atoms with E-state index in [4.69, 9.17) is 11.6 Å². The molecule has 2 heterocycles. The molecule has 0 spiro atoms. The highest BCUT2D eigenvalue weighted by atomic mass is 35.5. The Morgan fingerprint density at radius 3 is 2.43 bits per heavy atom. The second-order valence-corrected chi connectivity index (χ2v) is 8.15. The van der Waals surface area contributed by atoms with Crippen molar-refractivity contribution in [3.8, 4) is 0 Å². The largest absolute Gasteiger partial charge is 0.339 e. The van der Waals surface area contributed by atoms with E-state index in [-0.39, 0.29) is 30.7 Å². The number of carbonyl (C=O) groups excluding carboxylic acids is 3. The first kappa shape index (κ1) is 20.4. The molecule has 1 N–H and O–H groups in total. The van der Waals surface area contributed by atoms with Gasteiger partial charge in [0.1, 0.15) is 0 Å². The molecule has 2 aromatic rings. The van der Waals surface area contributed by atoms with Gasteiger partial charge in [0.2, 0.25) is 11.8 Å². The van der Waals surface area contributed by atoms with E-state index in [1.54, 1.807) is 47.4 Å². The summed E-state index contributed by atoms with van der Waals surface area (Å²) < 4.78 is 0. The molecular weight excluding hydrogens is 402 g/mol. The van der Waals surface area contributed by atoms with Crippen LogP contribution in [0.1, 0.15) is 36.0 Å². The summed E-state index contributed by atoms with van der Waals surface area (Å²) in [7, 11) is 0. The fourth-order valence-electron chi connectivity index (χ4n) is 4.07.